The molecule has 3 nitrogen and oxygen atoms in total. The van der Waals surface area contributed by atoms with Gasteiger partial charge in [0.15, 0.2) is 0 Å². The van der Waals surface area contributed by atoms with Crippen LogP contribution in [0, 0.1) is 0 Å². The first-order chi connectivity index (χ1) is 10.7. The first-order valence-corrected chi connectivity index (χ1v) is 7.80. The molecule has 1 fully saturated rings. The number of ether oxygens (including phenoxy) is 1. The molecule has 0 aliphatic carbocycles. The molecule has 1 atom stereocenters. The Labute approximate surface area is 135 Å². The third-order valence-corrected chi connectivity index (χ3v) is 4.04. The average Bonchev–Trinajstić information content (AvgIpc) is 2.55. The molecule has 1 amide bonds. The Morgan fingerprint density at radius 3 is 2.77 bits per heavy atom. The molecule has 114 valence electrons. The Balaban J connectivity index is 1.66. The molecular weight excluding hydrogens is 298 g/mol. The van der Waals surface area contributed by atoms with Gasteiger partial charge in [-0.15, -0.1) is 0 Å². The lowest BCUT2D eigenvalue weighted by atomic mass is 10.1. The Morgan fingerprint density at radius 1 is 1.18 bits per heavy atom. The van der Waals surface area contributed by atoms with Crippen molar-refractivity contribution in [1.82, 2.24) is 4.90 Å². The van der Waals surface area contributed by atoms with Crippen LogP contribution in [0.2, 0.25) is 5.02 Å². The average molecular weight is 316 g/mol. The van der Waals surface area contributed by atoms with E-state index in [1.807, 2.05) is 23.1 Å². The zero-order valence-corrected chi connectivity index (χ0v) is 13.0. The lowest BCUT2D eigenvalue weighted by Gasteiger charge is -2.33. The third kappa shape index (κ3) is 3.67. The number of amides is 1. The van der Waals surface area contributed by atoms with E-state index in [0.717, 1.165) is 6.42 Å². The number of nitrogens with zero attached hydrogens (tertiary/aromatic N) is 1. The smallest absolute Gasteiger partial charge is 0.254 e. The Morgan fingerprint density at radius 2 is 2.00 bits per heavy atom. The minimum absolute atomic E-state index is 0.0175. The molecule has 2 aromatic rings. The number of carbonyl (C=O) groups excluding carboxylic acids is 1. The van der Waals surface area contributed by atoms with Crippen molar-refractivity contribution in [2.24, 2.45) is 0 Å². The summed E-state index contributed by atoms with van der Waals surface area (Å²) < 4.78 is 5.80. The first kappa shape index (κ1) is 15.1. The van der Waals surface area contributed by atoms with Crippen molar-refractivity contribution in [1.29, 1.82) is 0 Å². The number of halogens is 1. The second-order valence-corrected chi connectivity index (χ2v) is 5.88. The van der Waals surface area contributed by atoms with E-state index in [2.05, 4.69) is 12.1 Å². The minimum Gasteiger partial charge on any atom is -0.374 e. The Bertz CT molecular complexity index is 645. The first-order valence-electron chi connectivity index (χ1n) is 7.43. The molecule has 0 saturated carbocycles. The summed E-state index contributed by atoms with van der Waals surface area (Å²) in [5.41, 5.74) is 1.86. The van der Waals surface area contributed by atoms with Gasteiger partial charge in [0.25, 0.3) is 5.91 Å². The highest BCUT2D eigenvalue weighted by Gasteiger charge is 2.25. The molecule has 1 aliphatic rings. The quantitative estimate of drug-likeness (QED) is 0.868. The van der Waals surface area contributed by atoms with Crippen molar-refractivity contribution in [2.45, 2.75) is 12.5 Å². The van der Waals surface area contributed by atoms with E-state index < -0.39 is 0 Å². The van der Waals surface area contributed by atoms with Crippen molar-refractivity contribution in [2.75, 3.05) is 19.7 Å². The van der Waals surface area contributed by atoms with Gasteiger partial charge in [-0.3, -0.25) is 4.79 Å². The van der Waals surface area contributed by atoms with Gasteiger partial charge >= 0.3 is 0 Å². The number of rotatable bonds is 3. The second kappa shape index (κ2) is 6.95. The predicted octanol–water partition coefficient (Wildman–Crippen LogP) is 3.42. The lowest BCUT2D eigenvalue weighted by Crippen LogP contribution is -2.46. The number of carbonyl (C=O) groups is 1. The fourth-order valence-corrected chi connectivity index (χ4v) is 2.90. The van der Waals surface area contributed by atoms with Crippen LogP contribution in [0.3, 0.4) is 0 Å². The van der Waals surface area contributed by atoms with Gasteiger partial charge in [0.1, 0.15) is 0 Å². The second-order valence-electron chi connectivity index (χ2n) is 5.44. The van der Waals surface area contributed by atoms with E-state index in [0.29, 0.717) is 30.3 Å². The summed E-state index contributed by atoms with van der Waals surface area (Å²) in [6, 6.07) is 17.3. The van der Waals surface area contributed by atoms with Crippen LogP contribution in [-0.4, -0.2) is 36.6 Å². The van der Waals surface area contributed by atoms with Gasteiger partial charge in [-0.2, -0.15) is 0 Å². The zero-order valence-electron chi connectivity index (χ0n) is 12.2. The maximum absolute atomic E-state index is 12.6. The van der Waals surface area contributed by atoms with Crippen LogP contribution in [0.1, 0.15) is 15.9 Å². The normalized spacial score (nSPS) is 18.2. The van der Waals surface area contributed by atoms with E-state index in [4.69, 9.17) is 16.3 Å². The topological polar surface area (TPSA) is 29.5 Å². The van der Waals surface area contributed by atoms with Gasteiger partial charge in [-0.05, 0) is 23.8 Å². The van der Waals surface area contributed by atoms with Crippen LogP contribution >= 0.6 is 11.6 Å². The minimum atomic E-state index is 0.0175. The van der Waals surface area contributed by atoms with Crippen molar-refractivity contribution in [3.8, 4) is 0 Å². The van der Waals surface area contributed by atoms with Crippen LogP contribution < -0.4 is 0 Å². The van der Waals surface area contributed by atoms with Crippen LogP contribution in [0.4, 0.5) is 0 Å². The third-order valence-electron chi connectivity index (χ3n) is 3.80. The highest BCUT2D eigenvalue weighted by Crippen LogP contribution is 2.16. The molecule has 0 radical (unpaired) electrons. The van der Waals surface area contributed by atoms with E-state index >= 15 is 0 Å². The Hall–Kier alpha value is -1.84. The molecule has 4 heteroatoms. The number of hydrogen-bond donors (Lipinski definition) is 0. The van der Waals surface area contributed by atoms with Crippen molar-refractivity contribution >= 4 is 17.5 Å². The molecule has 1 saturated heterocycles. The summed E-state index contributed by atoms with van der Waals surface area (Å²) in [7, 11) is 0. The molecule has 0 unspecified atom stereocenters. The summed E-state index contributed by atoms with van der Waals surface area (Å²) >= 11 is 5.97. The molecule has 3 rings (SSSR count). The summed E-state index contributed by atoms with van der Waals surface area (Å²) in [4.78, 5) is 14.4. The molecular formula is C18H18ClNO2. The van der Waals surface area contributed by atoms with Crippen LogP contribution in [-0.2, 0) is 11.2 Å². The molecule has 2 aromatic carbocycles. The van der Waals surface area contributed by atoms with Crippen molar-refractivity contribution < 1.29 is 9.53 Å². The number of hydrogen-bond acceptors (Lipinski definition) is 2. The molecule has 22 heavy (non-hydrogen) atoms. The lowest BCUT2D eigenvalue weighted by molar-refractivity contribution is -0.0208. The van der Waals surface area contributed by atoms with E-state index in [1.165, 1.54) is 5.56 Å². The fraction of sp³-hybridized carbons (Fsp3) is 0.278. The van der Waals surface area contributed by atoms with Gasteiger partial charge in [0.05, 0.1) is 12.7 Å². The monoisotopic (exact) mass is 315 g/mol. The summed E-state index contributed by atoms with van der Waals surface area (Å²) in [6.07, 6.45) is 0.861. The van der Waals surface area contributed by atoms with E-state index in [1.54, 1.807) is 24.3 Å². The van der Waals surface area contributed by atoms with Crippen LogP contribution in [0.15, 0.2) is 54.6 Å². The molecule has 0 aromatic heterocycles. The summed E-state index contributed by atoms with van der Waals surface area (Å²) in [5, 5.41) is 0.583. The predicted molar refractivity (Wildman–Crippen MR) is 87.2 cm³/mol. The van der Waals surface area contributed by atoms with E-state index in [9.17, 15) is 4.79 Å². The van der Waals surface area contributed by atoms with Gasteiger partial charge in [-0.1, -0.05) is 48.0 Å². The van der Waals surface area contributed by atoms with Gasteiger partial charge in [-0.25, -0.2) is 0 Å². The van der Waals surface area contributed by atoms with Gasteiger partial charge in [0.2, 0.25) is 0 Å². The number of benzene rings is 2. The van der Waals surface area contributed by atoms with Crippen LogP contribution in [0.5, 0.6) is 0 Å². The Kier molecular flexibility index (Phi) is 4.76. The fourth-order valence-electron chi connectivity index (χ4n) is 2.71. The standard InChI is InChI=1S/C18H18ClNO2/c19-16-8-4-7-15(12-16)18(21)20-9-10-22-17(13-20)11-14-5-2-1-3-6-14/h1-8,12,17H,9-11,13H2/t17-/m0/s1. The van der Waals surface area contributed by atoms with E-state index in [-0.39, 0.29) is 12.0 Å². The number of morpholine rings is 1. The molecule has 0 N–H and O–H groups in total. The maximum atomic E-state index is 12.6. The largest absolute Gasteiger partial charge is 0.374 e. The zero-order chi connectivity index (χ0) is 15.4. The summed E-state index contributed by atoms with van der Waals surface area (Å²) in [6.45, 7) is 1.81. The molecule has 1 aliphatic heterocycles. The highest BCUT2D eigenvalue weighted by atomic mass is 35.5. The SMILES string of the molecule is O=C(c1cccc(Cl)c1)N1CCO[C@@H](Cc2ccccc2)C1. The van der Waals surface area contributed by atoms with Crippen molar-refractivity contribution in [3.63, 3.8) is 0 Å². The summed E-state index contributed by atoms with van der Waals surface area (Å²) in [5.74, 6) is 0.0175. The maximum Gasteiger partial charge on any atom is 0.254 e. The van der Waals surface area contributed by atoms with Gasteiger partial charge in [0, 0.05) is 30.1 Å². The molecule has 0 spiro atoms. The van der Waals surface area contributed by atoms with Crippen molar-refractivity contribution in [3.05, 3.63) is 70.7 Å². The molecule has 1 heterocycles. The van der Waals surface area contributed by atoms with Crippen LogP contribution in [0.25, 0.3) is 0 Å². The highest BCUT2D eigenvalue weighted by molar-refractivity contribution is 6.30. The van der Waals surface area contributed by atoms with Gasteiger partial charge < -0.3 is 9.64 Å². The molecule has 0 bridgehead atoms.